The van der Waals surface area contributed by atoms with Gasteiger partial charge < -0.3 is 19.9 Å². The van der Waals surface area contributed by atoms with E-state index in [1.807, 2.05) is 25.1 Å². The van der Waals surface area contributed by atoms with Crippen molar-refractivity contribution < 1.29 is 19.0 Å². The van der Waals surface area contributed by atoms with E-state index in [-0.39, 0.29) is 5.75 Å². The number of anilines is 1. The van der Waals surface area contributed by atoms with E-state index in [2.05, 4.69) is 5.32 Å². The van der Waals surface area contributed by atoms with Crippen molar-refractivity contribution in [1.29, 1.82) is 0 Å². The molecule has 21 heavy (non-hydrogen) atoms. The number of rotatable bonds is 6. The first-order valence-corrected chi connectivity index (χ1v) is 6.66. The zero-order chi connectivity index (χ0) is 15.2. The molecular formula is C16H18FNO3. The van der Waals surface area contributed by atoms with Gasteiger partial charge in [-0.15, -0.1) is 0 Å². The first kappa shape index (κ1) is 15.0. The fraction of sp³-hybridized carbons (Fsp3) is 0.250. The van der Waals surface area contributed by atoms with Gasteiger partial charge in [0.25, 0.3) is 0 Å². The predicted octanol–water partition coefficient (Wildman–Crippen LogP) is 3.55. The van der Waals surface area contributed by atoms with E-state index in [0.29, 0.717) is 30.3 Å². The fourth-order valence-electron chi connectivity index (χ4n) is 2.02. The molecule has 0 atom stereocenters. The molecule has 0 spiro atoms. The highest BCUT2D eigenvalue weighted by atomic mass is 19.1. The van der Waals surface area contributed by atoms with Gasteiger partial charge in [0.05, 0.1) is 13.7 Å². The minimum Gasteiger partial charge on any atom is -0.505 e. The molecule has 2 aromatic carbocycles. The molecule has 112 valence electrons. The number of para-hydroxylation sites is 1. The minimum atomic E-state index is -0.657. The predicted molar refractivity (Wildman–Crippen MR) is 79.6 cm³/mol. The van der Waals surface area contributed by atoms with E-state index < -0.39 is 5.82 Å². The number of aromatic hydroxyl groups is 1. The summed E-state index contributed by atoms with van der Waals surface area (Å²) in [6, 6.07) is 9.79. The summed E-state index contributed by atoms with van der Waals surface area (Å²) in [7, 11) is 1.58. The molecule has 2 rings (SSSR count). The summed E-state index contributed by atoms with van der Waals surface area (Å²) in [5, 5.41) is 12.3. The molecule has 0 bridgehead atoms. The second-order valence-corrected chi connectivity index (χ2v) is 4.40. The summed E-state index contributed by atoms with van der Waals surface area (Å²) in [6.07, 6.45) is 0. The maximum absolute atomic E-state index is 13.3. The Kier molecular flexibility index (Phi) is 4.87. The number of methoxy groups -OCH3 is 1. The summed E-state index contributed by atoms with van der Waals surface area (Å²) in [4.78, 5) is 0. The van der Waals surface area contributed by atoms with E-state index in [0.717, 1.165) is 5.56 Å². The van der Waals surface area contributed by atoms with Crippen molar-refractivity contribution in [3.8, 4) is 17.2 Å². The second kappa shape index (κ2) is 6.83. The third kappa shape index (κ3) is 3.56. The number of nitrogens with one attached hydrogen (secondary N) is 1. The van der Waals surface area contributed by atoms with Gasteiger partial charge in [-0.25, -0.2) is 4.39 Å². The molecule has 4 nitrogen and oxygen atoms in total. The van der Waals surface area contributed by atoms with Gasteiger partial charge in [0, 0.05) is 23.9 Å². The number of ether oxygens (including phenoxy) is 2. The normalized spacial score (nSPS) is 10.2. The number of phenols is 1. The summed E-state index contributed by atoms with van der Waals surface area (Å²) in [5.41, 5.74) is 1.48. The monoisotopic (exact) mass is 291 g/mol. The zero-order valence-electron chi connectivity index (χ0n) is 12.0. The molecule has 0 saturated carbocycles. The highest BCUT2D eigenvalue weighted by Gasteiger charge is 2.10. The van der Waals surface area contributed by atoms with Crippen molar-refractivity contribution in [3.05, 3.63) is 47.8 Å². The summed E-state index contributed by atoms with van der Waals surface area (Å²) < 4.78 is 24.2. The van der Waals surface area contributed by atoms with Crippen LogP contribution in [0.4, 0.5) is 10.1 Å². The van der Waals surface area contributed by atoms with Crippen LogP contribution in [0.3, 0.4) is 0 Å². The molecule has 0 aliphatic rings. The second-order valence-electron chi connectivity index (χ2n) is 4.40. The first-order valence-electron chi connectivity index (χ1n) is 6.66. The van der Waals surface area contributed by atoms with Crippen molar-refractivity contribution in [2.75, 3.05) is 19.0 Å². The Labute approximate surface area is 123 Å². The Morgan fingerprint density at radius 1 is 1.24 bits per heavy atom. The Morgan fingerprint density at radius 2 is 2.05 bits per heavy atom. The lowest BCUT2D eigenvalue weighted by Gasteiger charge is -2.14. The Morgan fingerprint density at radius 3 is 2.71 bits per heavy atom. The van der Waals surface area contributed by atoms with Gasteiger partial charge in [0.15, 0.2) is 23.1 Å². The third-order valence-corrected chi connectivity index (χ3v) is 3.00. The third-order valence-electron chi connectivity index (χ3n) is 3.00. The van der Waals surface area contributed by atoms with Crippen LogP contribution < -0.4 is 14.8 Å². The Hall–Kier alpha value is -2.43. The molecule has 0 radical (unpaired) electrons. The van der Waals surface area contributed by atoms with Crippen molar-refractivity contribution in [1.82, 2.24) is 0 Å². The van der Waals surface area contributed by atoms with E-state index in [4.69, 9.17) is 14.6 Å². The average Bonchev–Trinajstić information content (AvgIpc) is 2.49. The van der Waals surface area contributed by atoms with E-state index in [1.165, 1.54) is 12.1 Å². The first-order chi connectivity index (χ1) is 10.2. The van der Waals surface area contributed by atoms with Crippen LogP contribution in [-0.2, 0) is 6.54 Å². The number of hydrogen-bond donors (Lipinski definition) is 2. The molecule has 0 unspecified atom stereocenters. The Bertz CT molecular complexity index is 616. The number of phenolic OH excluding ortho intramolecular Hbond substituents is 1. The van der Waals surface area contributed by atoms with Crippen LogP contribution in [-0.4, -0.2) is 18.8 Å². The molecule has 2 N–H and O–H groups in total. The van der Waals surface area contributed by atoms with Gasteiger partial charge in [-0.2, -0.15) is 0 Å². The van der Waals surface area contributed by atoms with Crippen LogP contribution in [0.15, 0.2) is 36.4 Å². The van der Waals surface area contributed by atoms with Crippen LogP contribution in [0.2, 0.25) is 0 Å². The van der Waals surface area contributed by atoms with Gasteiger partial charge in [-0.1, -0.05) is 12.1 Å². The zero-order valence-corrected chi connectivity index (χ0v) is 12.0. The number of benzene rings is 2. The molecule has 0 saturated heterocycles. The van der Waals surface area contributed by atoms with Crippen LogP contribution in [0, 0.1) is 5.82 Å². The number of hydrogen-bond acceptors (Lipinski definition) is 4. The summed E-state index contributed by atoms with van der Waals surface area (Å²) >= 11 is 0. The van der Waals surface area contributed by atoms with Crippen molar-refractivity contribution >= 4 is 5.69 Å². The molecule has 0 fully saturated rings. The molecular weight excluding hydrogens is 273 g/mol. The van der Waals surface area contributed by atoms with Gasteiger partial charge in [0.1, 0.15) is 0 Å². The van der Waals surface area contributed by atoms with Crippen molar-refractivity contribution in [2.24, 2.45) is 0 Å². The maximum Gasteiger partial charge on any atom is 0.166 e. The van der Waals surface area contributed by atoms with Gasteiger partial charge >= 0.3 is 0 Å². The molecule has 0 amide bonds. The van der Waals surface area contributed by atoms with Crippen molar-refractivity contribution in [3.63, 3.8) is 0 Å². The SMILES string of the molecule is CCOc1cccc(CNc2ccc(O)c(F)c2)c1OC. The minimum absolute atomic E-state index is 0.364. The lowest BCUT2D eigenvalue weighted by molar-refractivity contribution is 0.309. The van der Waals surface area contributed by atoms with Crippen LogP contribution in [0.5, 0.6) is 17.2 Å². The lowest BCUT2D eigenvalue weighted by Crippen LogP contribution is -2.04. The molecule has 0 aliphatic heterocycles. The lowest BCUT2D eigenvalue weighted by atomic mass is 10.1. The molecule has 2 aromatic rings. The highest BCUT2D eigenvalue weighted by molar-refractivity contribution is 5.51. The topological polar surface area (TPSA) is 50.7 Å². The Balaban J connectivity index is 2.15. The van der Waals surface area contributed by atoms with Crippen LogP contribution in [0.25, 0.3) is 0 Å². The van der Waals surface area contributed by atoms with Gasteiger partial charge in [-0.05, 0) is 25.1 Å². The summed E-state index contributed by atoms with van der Waals surface area (Å²) in [6.45, 7) is 2.91. The van der Waals surface area contributed by atoms with E-state index in [9.17, 15) is 4.39 Å². The maximum atomic E-state index is 13.3. The van der Waals surface area contributed by atoms with Gasteiger partial charge in [-0.3, -0.25) is 0 Å². The average molecular weight is 291 g/mol. The molecule has 5 heteroatoms. The number of halogens is 1. The van der Waals surface area contributed by atoms with Crippen LogP contribution in [0.1, 0.15) is 12.5 Å². The quantitative estimate of drug-likeness (QED) is 0.799. The largest absolute Gasteiger partial charge is 0.505 e. The van der Waals surface area contributed by atoms with Gasteiger partial charge in [0.2, 0.25) is 0 Å². The van der Waals surface area contributed by atoms with E-state index in [1.54, 1.807) is 13.2 Å². The van der Waals surface area contributed by atoms with Crippen molar-refractivity contribution in [2.45, 2.75) is 13.5 Å². The van der Waals surface area contributed by atoms with E-state index >= 15 is 0 Å². The molecule has 0 heterocycles. The standard InChI is InChI=1S/C16H18FNO3/c1-3-21-15-6-4-5-11(16(15)20-2)10-18-12-7-8-14(19)13(17)9-12/h4-9,18-19H,3,10H2,1-2H3. The molecule has 0 aromatic heterocycles. The highest BCUT2D eigenvalue weighted by Crippen LogP contribution is 2.31. The van der Waals surface area contributed by atoms with Crippen LogP contribution >= 0.6 is 0 Å². The fourth-order valence-corrected chi connectivity index (χ4v) is 2.02. The molecule has 0 aliphatic carbocycles. The smallest absolute Gasteiger partial charge is 0.166 e. The summed E-state index contributed by atoms with van der Waals surface area (Å²) in [5.74, 6) is 0.314.